The first kappa shape index (κ1) is 19.4. The molecule has 0 bridgehead atoms. The van der Waals surface area contributed by atoms with Crippen LogP contribution in [0.2, 0.25) is 0 Å². The van der Waals surface area contributed by atoms with Gasteiger partial charge in [0.15, 0.2) is 0 Å². The summed E-state index contributed by atoms with van der Waals surface area (Å²) in [4.78, 5) is 16.3. The lowest BCUT2D eigenvalue weighted by Gasteiger charge is -2.22. The fourth-order valence-corrected chi connectivity index (χ4v) is 3.85. The van der Waals surface area contributed by atoms with Crippen LogP contribution < -0.4 is 0 Å². The van der Waals surface area contributed by atoms with Gasteiger partial charge in [-0.15, -0.1) is 11.3 Å². The lowest BCUT2D eigenvalue weighted by molar-refractivity contribution is 0.0746. The molecule has 27 heavy (non-hydrogen) atoms. The van der Waals surface area contributed by atoms with Crippen LogP contribution in [0.3, 0.4) is 0 Å². The third-order valence-electron chi connectivity index (χ3n) is 4.75. The second kappa shape index (κ2) is 10.1. The summed E-state index contributed by atoms with van der Waals surface area (Å²) >= 11 is 1.70. The first-order valence-electron chi connectivity index (χ1n) is 9.71. The molecule has 1 amide bonds. The van der Waals surface area contributed by atoms with E-state index in [0.29, 0.717) is 6.54 Å². The molecule has 0 unspecified atom stereocenters. The van der Waals surface area contributed by atoms with Gasteiger partial charge < -0.3 is 4.90 Å². The second-order valence-corrected chi connectivity index (χ2v) is 7.87. The van der Waals surface area contributed by atoms with Crippen molar-refractivity contribution in [3.05, 3.63) is 93.7 Å². The Bertz CT molecular complexity index is 809. The van der Waals surface area contributed by atoms with E-state index < -0.39 is 0 Å². The average molecular weight is 378 g/mol. The lowest BCUT2D eigenvalue weighted by atomic mass is 10.1. The van der Waals surface area contributed by atoms with Crippen LogP contribution in [-0.4, -0.2) is 17.4 Å². The summed E-state index contributed by atoms with van der Waals surface area (Å²) in [6, 6.07) is 22.7. The standard InChI is InChI=1S/C24H27NOS/c1-2-3-8-21-12-14-22(15-13-21)24(26)25(19-23-11-7-18-27-23)17-16-20-9-5-4-6-10-20/h4-7,9-15,18H,2-3,8,16-17,19H2,1H3. The molecule has 3 rings (SSSR count). The zero-order chi connectivity index (χ0) is 18.9. The maximum atomic E-state index is 13.1. The van der Waals surface area contributed by atoms with Crippen LogP contribution in [0.15, 0.2) is 72.1 Å². The Morgan fingerprint density at radius 1 is 0.889 bits per heavy atom. The topological polar surface area (TPSA) is 20.3 Å². The molecular formula is C24H27NOS. The molecule has 0 fully saturated rings. The summed E-state index contributed by atoms with van der Waals surface area (Å²) < 4.78 is 0. The molecule has 140 valence electrons. The Balaban J connectivity index is 1.71. The molecule has 0 aliphatic rings. The number of carbonyl (C=O) groups is 1. The third kappa shape index (κ3) is 5.80. The number of benzene rings is 2. The molecule has 0 spiro atoms. The number of nitrogens with zero attached hydrogens (tertiary/aromatic N) is 1. The molecule has 0 saturated carbocycles. The van der Waals surface area contributed by atoms with Crippen LogP contribution in [0.1, 0.15) is 46.1 Å². The summed E-state index contributed by atoms with van der Waals surface area (Å²) in [5.74, 6) is 0.112. The number of thiophene rings is 1. The van der Waals surface area contributed by atoms with Gasteiger partial charge in [0.1, 0.15) is 0 Å². The van der Waals surface area contributed by atoms with Crippen LogP contribution in [0.4, 0.5) is 0 Å². The number of carbonyl (C=O) groups excluding carboxylic acids is 1. The highest BCUT2D eigenvalue weighted by molar-refractivity contribution is 7.09. The highest BCUT2D eigenvalue weighted by atomic mass is 32.1. The number of rotatable bonds is 9. The fraction of sp³-hybridized carbons (Fsp3) is 0.292. The number of hydrogen-bond donors (Lipinski definition) is 0. The Kier molecular flexibility index (Phi) is 7.23. The molecule has 2 nitrogen and oxygen atoms in total. The van der Waals surface area contributed by atoms with E-state index in [1.165, 1.54) is 28.8 Å². The molecule has 1 heterocycles. The van der Waals surface area contributed by atoms with E-state index in [1.54, 1.807) is 11.3 Å². The minimum absolute atomic E-state index is 0.112. The minimum atomic E-state index is 0.112. The Morgan fingerprint density at radius 3 is 2.30 bits per heavy atom. The fourth-order valence-electron chi connectivity index (χ4n) is 3.13. The van der Waals surface area contributed by atoms with Gasteiger partial charge in [-0.2, -0.15) is 0 Å². The van der Waals surface area contributed by atoms with E-state index in [4.69, 9.17) is 0 Å². The number of amides is 1. The molecule has 2 aromatic carbocycles. The smallest absolute Gasteiger partial charge is 0.254 e. The zero-order valence-electron chi connectivity index (χ0n) is 15.9. The van der Waals surface area contributed by atoms with Gasteiger partial charge in [-0.25, -0.2) is 0 Å². The molecule has 3 aromatic rings. The van der Waals surface area contributed by atoms with Crippen molar-refractivity contribution in [2.75, 3.05) is 6.54 Å². The summed E-state index contributed by atoms with van der Waals surface area (Å²) in [5, 5.41) is 2.07. The zero-order valence-corrected chi connectivity index (χ0v) is 16.8. The van der Waals surface area contributed by atoms with Gasteiger partial charge in [0.2, 0.25) is 0 Å². The lowest BCUT2D eigenvalue weighted by Crippen LogP contribution is -2.32. The quantitative estimate of drug-likeness (QED) is 0.449. The predicted molar refractivity (Wildman–Crippen MR) is 114 cm³/mol. The maximum absolute atomic E-state index is 13.1. The van der Waals surface area contributed by atoms with Gasteiger partial charge in [-0.3, -0.25) is 4.79 Å². The van der Waals surface area contributed by atoms with Crippen LogP contribution >= 0.6 is 11.3 Å². The summed E-state index contributed by atoms with van der Waals surface area (Å²) in [6.07, 6.45) is 4.33. The highest BCUT2D eigenvalue weighted by Gasteiger charge is 2.16. The van der Waals surface area contributed by atoms with Crippen molar-refractivity contribution in [2.45, 2.75) is 39.2 Å². The Hall–Kier alpha value is -2.39. The van der Waals surface area contributed by atoms with E-state index in [9.17, 15) is 4.79 Å². The van der Waals surface area contributed by atoms with E-state index >= 15 is 0 Å². The largest absolute Gasteiger partial charge is 0.333 e. The summed E-state index contributed by atoms with van der Waals surface area (Å²) in [7, 11) is 0. The van der Waals surface area contributed by atoms with Gasteiger partial charge in [0.25, 0.3) is 5.91 Å². The highest BCUT2D eigenvalue weighted by Crippen LogP contribution is 2.16. The molecule has 1 aromatic heterocycles. The van der Waals surface area contributed by atoms with Crippen molar-refractivity contribution in [2.24, 2.45) is 0 Å². The molecule has 0 aliphatic heterocycles. The van der Waals surface area contributed by atoms with Crippen molar-refractivity contribution in [3.8, 4) is 0 Å². The number of unbranched alkanes of at least 4 members (excludes halogenated alkanes) is 1. The SMILES string of the molecule is CCCCc1ccc(C(=O)N(CCc2ccccc2)Cc2cccs2)cc1. The van der Waals surface area contributed by atoms with Crippen molar-refractivity contribution in [3.63, 3.8) is 0 Å². The van der Waals surface area contributed by atoms with Crippen LogP contribution in [0.25, 0.3) is 0 Å². The molecule has 3 heteroatoms. The van der Waals surface area contributed by atoms with E-state index in [1.807, 2.05) is 29.2 Å². The first-order valence-corrected chi connectivity index (χ1v) is 10.6. The molecule has 0 N–H and O–H groups in total. The van der Waals surface area contributed by atoms with Gasteiger partial charge >= 0.3 is 0 Å². The van der Waals surface area contributed by atoms with Crippen molar-refractivity contribution < 1.29 is 4.79 Å². The van der Waals surface area contributed by atoms with Crippen LogP contribution in [0, 0.1) is 0 Å². The van der Waals surface area contributed by atoms with Crippen LogP contribution in [0.5, 0.6) is 0 Å². The van der Waals surface area contributed by atoms with Crippen molar-refractivity contribution >= 4 is 17.2 Å². The van der Waals surface area contributed by atoms with E-state index in [2.05, 4.69) is 54.8 Å². The average Bonchev–Trinajstić information content (AvgIpc) is 3.23. The first-order chi connectivity index (χ1) is 13.3. The minimum Gasteiger partial charge on any atom is -0.333 e. The Morgan fingerprint density at radius 2 is 1.63 bits per heavy atom. The van der Waals surface area contributed by atoms with Gasteiger partial charge in [-0.1, -0.05) is 61.9 Å². The molecule has 0 aliphatic carbocycles. The van der Waals surface area contributed by atoms with Gasteiger partial charge in [-0.05, 0) is 54.0 Å². The van der Waals surface area contributed by atoms with Crippen molar-refractivity contribution in [1.82, 2.24) is 4.90 Å². The van der Waals surface area contributed by atoms with E-state index in [-0.39, 0.29) is 5.91 Å². The monoisotopic (exact) mass is 377 g/mol. The number of hydrogen-bond acceptors (Lipinski definition) is 2. The molecule has 0 saturated heterocycles. The Labute approximate surface area is 166 Å². The molecule has 0 radical (unpaired) electrons. The van der Waals surface area contributed by atoms with E-state index in [0.717, 1.165) is 24.9 Å². The second-order valence-electron chi connectivity index (χ2n) is 6.84. The summed E-state index contributed by atoms with van der Waals surface area (Å²) in [6.45, 7) is 3.59. The maximum Gasteiger partial charge on any atom is 0.254 e. The van der Waals surface area contributed by atoms with Gasteiger partial charge in [0, 0.05) is 17.0 Å². The summed E-state index contributed by atoms with van der Waals surface area (Å²) in [5.41, 5.74) is 3.35. The predicted octanol–water partition coefficient (Wildman–Crippen LogP) is 5.98. The number of aryl methyl sites for hydroxylation is 1. The molecular weight excluding hydrogens is 350 g/mol. The molecule has 0 atom stereocenters. The third-order valence-corrected chi connectivity index (χ3v) is 5.61. The normalized spacial score (nSPS) is 10.7. The van der Waals surface area contributed by atoms with Crippen molar-refractivity contribution in [1.29, 1.82) is 0 Å². The van der Waals surface area contributed by atoms with Crippen LogP contribution in [-0.2, 0) is 19.4 Å². The van der Waals surface area contributed by atoms with Gasteiger partial charge in [0.05, 0.1) is 6.54 Å².